The molecule has 3 N–H and O–H groups in total. The molecule has 0 fully saturated rings. The quantitative estimate of drug-likeness (QED) is 0.816. The van der Waals surface area contributed by atoms with Crippen molar-refractivity contribution in [3.8, 4) is 5.75 Å². The number of ether oxygens (including phenoxy) is 1. The summed E-state index contributed by atoms with van der Waals surface area (Å²) in [5.74, 6) is 0.767. The molecule has 0 atom stereocenters. The monoisotopic (exact) mass is 233 g/mol. The zero-order chi connectivity index (χ0) is 12.3. The van der Waals surface area contributed by atoms with Crippen LogP contribution in [0, 0.1) is 0 Å². The predicted octanol–water partition coefficient (Wildman–Crippen LogP) is 0.692. The van der Waals surface area contributed by atoms with Crippen LogP contribution in [-0.2, 0) is 13.1 Å². The molecule has 0 saturated carbocycles. The van der Waals surface area contributed by atoms with Gasteiger partial charge in [0.1, 0.15) is 5.75 Å². The molecule has 0 saturated heterocycles. The number of hydrogen-bond donors (Lipinski definition) is 2. The molecule has 0 radical (unpaired) electrons. The third-order valence-corrected chi connectivity index (χ3v) is 2.66. The number of H-pyrrole nitrogens is 1. The highest BCUT2D eigenvalue weighted by molar-refractivity contribution is 5.33. The number of methoxy groups -OCH3 is 1. The Balaban J connectivity index is 2.31. The van der Waals surface area contributed by atoms with Gasteiger partial charge in [0.25, 0.3) is 5.56 Å². The molecule has 0 amide bonds. The fraction of sp³-hybridized carbons (Fsp3) is 0.250. The van der Waals surface area contributed by atoms with Crippen molar-refractivity contribution in [3.63, 3.8) is 0 Å². The van der Waals surface area contributed by atoms with Crippen LogP contribution in [0.3, 0.4) is 0 Å². The van der Waals surface area contributed by atoms with Crippen molar-refractivity contribution in [2.24, 2.45) is 5.73 Å². The number of para-hydroxylation sites is 1. The van der Waals surface area contributed by atoms with Gasteiger partial charge in [-0.3, -0.25) is 4.79 Å². The van der Waals surface area contributed by atoms with Gasteiger partial charge in [-0.05, 0) is 6.07 Å². The lowest BCUT2D eigenvalue weighted by Gasteiger charge is -2.07. The van der Waals surface area contributed by atoms with Crippen LogP contribution in [-0.4, -0.2) is 16.9 Å². The van der Waals surface area contributed by atoms with Gasteiger partial charge < -0.3 is 15.6 Å². The fourth-order valence-corrected chi connectivity index (χ4v) is 1.72. The van der Waals surface area contributed by atoms with Gasteiger partial charge in [0.2, 0.25) is 0 Å². The van der Waals surface area contributed by atoms with Crippen LogP contribution in [0.1, 0.15) is 11.1 Å². The summed E-state index contributed by atoms with van der Waals surface area (Å²) in [6.45, 7) is 0.692. The summed E-state index contributed by atoms with van der Waals surface area (Å²) in [5.41, 5.74) is 6.90. The molecule has 2 aromatic rings. The molecule has 1 aromatic carbocycles. The second kappa shape index (κ2) is 4.88. The Morgan fingerprint density at radius 2 is 2.12 bits per heavy atom. The number of rotatable bonds is 4. The van der Waals surface area contributed by atoms with Crippen molar-refractivity contribution < 1.29 is 4.74 Å². The normalized spacial score (nSPS) is 10.5. The van der Waals surface area contributed by atoms with Gasteiger partial charge in [0.15, 0.2) is 0 Å². The first kappa shape index (κ1) is 11.5. The van der Waals surface area contributed by atoms with Crippen LogP contribution in [0.15, 0.2) is 35.3 Å². The first-order chi connectivity index (χ1) is 8.26. The fourth-order valence-electron chi connectivity index (χ4n) is 1.72. The molecule has 0 bridgehead atoms. The maximum Gasteiger partial charge on any atom is 0.271 e. The van der Waals surface area contributed by atoms with E-state index in [1.807, 2.05) is 24.3 Å². The van der Waals surface area contributed by atoms with Gasteiger partial charge >= 0.3 is 0 Å². The Morgan fingerprint density at radius 1 is 1.35 bits per heavy atom. The Bertz CT molecular complexity index is 557. The molecule has 0 aliphatic carbocycles. The van der Waals surface area contributed by atoms with Gasteiger partial charge in [0, 0.05) is 23.9 Å². The van der Waals surface area contributed by atoms with E-state index in [-0.39, 0.29) is 12.1 Å². The lowest BCUT2D eigenvalue weighted by Crippen LogP contribution is -2.21. The Labute approximate surface area is 98.8 Å². The Hall–Kier alpha value is -2.01. The maximum atomic E-state index is 11.8. The summed E-state index contributed by atoms with van der Waals surface area (Å²) in [6.07, 6.45) is 1.64. The van der Waals surface area contributed by atoms with E-state index in [0.717, 1.165) is 11.3 Å². The minimum absolute atomic E-state index is 0.0848. The van der Waals surface area contributed by atoms with Crippen LogP contribution < -0.4 is 16.0 Å². The van der Waals surface area contributed by atoms with E-state index in [1.54, 1.807) is 13.3 Å². The molecular formula is C12H15N3O2. The molecule has 0 spiro atoms. The number of nitrogens with two attached hydrogens (primary N) is 1. The molecule has 90 valence electrons. The summed E-state index contributed by atoms with van der Waals surface area (Å²) >= 11 is 0. The average Bonchev–Trinajstić information content (AvgIpc) is 2.71. The van der Waals surface area contributed by atoms with Crippen molar-refractivity contribution in [2.45, 2.75) is 13.1 Å². The van der Waals surface area contributed by atoms with Gasteiger partial charge in [-0.15, -0.1) is 0 Å². The number of nitrogens with zero attached hydrogens (tertiary/aromatic N) is 1. The highest BCUT2D eigenvalue weighted by Crippen LogP contribution is 2.17. The summed E-state index contributed by atoms with van der Waals surface area (Å²) < 4.78 is 6.75. The standard InChI is InChI=1S/C12H15N3O2/c1-17-11-5-3-2-4-9(11)8-15-12(16)10(6-13)7-14-15/h2-5,7,14H,6,8,13H2,1H3. The summed E-state index contributed by atoms with van der Waals surface area (Å²) in [5, 5.41) is 2.89. The molecule has 1 aromatic heterocycles. The van der Waals surface area contributed by atoms with Gasteiger partial charge in [-0.2, -0.15) is 0 Å². The van der Waals surface area contributed by atoms with E-state index >= 15 is 0 Å². The first-order valence-corrected chi connectivity index (χ1v) is 5.35. The van der Waals surface area contributed by atoms with E-state index in [4.69, 9.17) is 10.5 Å². The third-order valence-electron chi connectivity index (χ3n) is 2.66. The topological polar surface area (TPSA) is 73.0 Å². The van der Waals surface area contributed by atoms with E-state index in [2.05, 4.69) is 5.10 Å². The van der Waals surface area contributed by atoms with Crippen LogP contribution in [0.2, 0.25) is 0 Å². The van der Waals surface area contributed by atoms with Gasteiger partial charge in [0.05, 0.1) is 13.7 Å². The van der Waals surface area contributed by atoms with Crippen molar-refractivity contribution >= 4 is 0 Å². The smallest absolute Gasteiger partial charge is 0.271 e. The average molecular weight is 233 g/mol. The third kappa shape index (κ3) is 2.24. The van der Waals surface area contributed by atoms with Crippen LogP contribution >= 0.6 is 0 Å². The highest BCUT2D eigenvalue weighted by atomic mass is 16.5. The zero-order valence-electron chi connectivity index (χ0n) is 9.64. The molecule has 0 aliphatic heterocycles. The number of aromatic nitrogens is 2. The summed E-state index contributed by atoms with van der Waals surface area (Å²) in [7, 11) is 1.61. The molecule has 17 heavy (non-hydrogen) atoms. The highest BCUT2D eigenvalue weighted by Gasteiger charge is 2.07. The predicted molar refractivity (Wildman–Crippen MR) is 65.0 cm³/mol. The molecule has 1 heterocycles. The summed E-state index contributed by atoms with van der Waals surface area (Å²) in [6, 6.07) is 7.60. The zero-order valence-corrected chi connectivity index (χ0v) is 9.64. The van der Waals surface area contributed by atoms with E-state index < -0.39 is 0 Å². The molecule has 0 unspecified atom stereocenters. The van der Waals surface area contributed by atoms with Crippen molar-refractivity contribution in [1.82, 2.24) is 9.78 Å². The van der Waals surface area contributed by atoms with Crippen molar-refractivity contribution in [2.75, 3.05) is 7.11 Å². The van der Waals surface area contributed by atoms with Crippen molar-refractivity contribution in [3.05, 3.63) is 51.9 Å². The minimum atomic E-state index is -0.0848. The second-order valence-electron chi connectivity index (χ2n) is 3.71. The van der Waals surface area contributed by atoms with E-state index in [9.17, 15) is 4.79 Å². The van der Waals surface area contributed by atoms with Gasteiger partial charge in [-0.1, -0.05) is 18.2 Å². The summed E-state index contributed by atoms with van der Waals surface area (Å²) in [4.78, 5) is 11.8. The molecule has 2 rings (SSSR count). The maximum absolute atomic E-state index is 11.8. The first-order valence-electron chi connectivity index (χ1n) is 5.35. The lowest BCUT2D eigenvalue weighted by atomic mass is 10.2. The largest absolute Gasteiger partial charge is 0.496 e. The Kier molecular flexibility index (Phi) is 3.30. The minimum Gasteiger partial charge on any atom is -0.496 e. The number of nitrogens with one attached hydrogen (secondary N) is 1. The number of hydrogen-bond acceptors (Lipinski definition) is 3. The molecular weight excluding hydrogens is 218 g/mol. The lowest BCUT2D eigenvalue weighted by molar-refractivity contribution is 0.407. The molecule has 5 nitrogen and oxygen atoms in total. The number of benzene rings is 1. The van der Waals surface area contributed by atoms with Gasteiger partial charge in [-0.25, -0.2) is 4.68 Å². The van der Waals surface area contributed by atoms with E-state index in [0.29, 0.717) is 12.1 Å². The Morgan fingerprint density at radius 3 is 2.76 bits per heavy atom. The van der Waals surface area contributed by atoms with E-state index in [1.165, 1.54) is 4.68 Å². The molecule has 0 aliphatic rings. The van der Waals surface area contributed by atoms with Crippen molar-refractivity contribution in [1.29, 1.82) is 0 Å². The molecule has 5 heteroatoms. The van der Waals surface area contributed by atoms with Crippen LogP contribution in [0.4, 0.5) is 0 Å². The second-order valence-corrected chi connectivity index (χ2v) is 3.71. The number of aromatic amines is 1. The van der Waals surface area contributed by atoms with Crippen LogP contribution in [0.5, 0.6) is 5.75 Å². The van der Waals surface area contributed by atoms with Crippen LogP contribution in [0.25, 0.3) is 0 Å². The SMILES string of the molecule is COc1ccccc1Cn1[nH]cc(CN)c1=O.